The minimum absolute atomic E-state index is 0.102. The van der Waals surface area contributed by atoms with Crippen molar-refractivity contribution in [1.82, 2.24) is 0 Å². The molecule has 0 aromatic heterocycles. The van der Waals surface area contributed by atoms with E-state index in [0.717, 1.165) is 108 Å². The summed E-state index contributed by atoms with van der Waals surface area (Å²) >= 11 is 0. The molecule has 3 unspecified atom stereocenters. The fraction of sp³-hybridized carbons (Fsp3) is 0.947. The topological polar surface area (TPSA) is 237 Å². The van der Waals surface area contributed by atoms with Crippen molar-refractivity contribution in [1.29, 1.82) is 0 Å². The molecule has 0 spiro atoms. The number of esters is 4. The molecule has 0 amide bonds. The third-order valence-corrected chi connectivity index (χ3v) is 19.9. The maximum atomic E-state index is 13.1. The summed E-state index contributed by atoms with van der Waals surface area (Å²) in [5.41, 5.74) is 0. The molecule has 0 aliphatic carbocycles. The van der Waals surface area contributed by atoms with E-state index < -0.39 is 97.5 Å². The highest BCUT2D eigenvalue weighted by atomic mass is 31.2. The number of rotatable bonds is 74. The molecule has 564 valence electrons. The average Bonchev–Trinajstić information content (AvgIpc) is 2.58. The average molecular weight is 1400 g/mol. The summed E-state index contributed by atoms with van der Waals surface area (Å²) in [5.74, 6) is 0.0607. The number of aliphatic hydroxyl groups excluding tert-OH is 1. The number of hydrogen-bond donors (Lipinski definition) is 3. The maximum Gasteiger partial charge on any atom is 0.472 e. The Labute approximate surface area is 581 Å². The number of carbonyl (C=O) groups excluding carboxylic acids is 4. The van der Waals surface area contributed by atoms with Crippen molar-refractivity contribution in [2.75, 3.05) is 39.6 Å². The molecule has 0 saturated heterocycles. The van der Waals surface area contributed by atoms with Gasteiger partial charge in [0, 0.05) is 25.7 Å². The number of phosphoric ester groups is 2. The van der Waals surface area contributed by atoms with Gasteiger partial charge >= 0.3 is 39.5 Å². The highest BCUT2D eigenvalue weighted by molar-refractivity contribution is 7.47. The summed E-state index contributed by atoms with van der Waals surface area (Å²) in [6.07, 6.45) is 53.1. The molecule has 0 saturated carbocycles. The molecule has 0 rings (SSSR count). The fourth-order valence-electron chi connectivity index (χ4n) is 11.6. The first-order chi connectivity index (χ1) is 45.8. The Hall–Kier alpha value is -1.94. The number of hydrogen-bond acceptors (Lipinski definition) is 15. The van der Waals surface area contributed by atoms with E-state index in [9.17, 15) is 43.2 Å². The molecule has 0 bridgehead atoms. The number of ether oxygens (including phenoxy) is 4. The first-order valence-corrected chi connectivity index (χ1v) is 42.4. The largest absolute Gasteiger partial charge is 0.472 e. The van der Waals surface area contributed by atoms with Crippen LogP contribution in [0.1, 0.15) is 389 Å². The molecular weight excluding hydrogens is 1250 g/mol. The zero-order valence-electron chi connectivity index (χ0n) is 62.1. The summed E-state index contributed by atoms with van der Waals surface area (Å²) in [6.45, 7) is 11.8. The Morgan fingerprint density at radius 3 is 0.800 bits per heavy atom. The molecule has 0 radical (unpaired) electrons. The molecule has 6 atom stereocenters. The van der Waals surface area contributed by atoms with Gasteiger partial charge in [0.25, 0.3) is 0 Å². The smallest absolute Gasteiger partial charge is 0.462 e. The Balaban J connectivity index is 5.18. The fourth-order valence-corrected chi connectivity index (χ4v) is 13.1. The van der Waals surface area contributed by atoms with E-state index in [-0.39, 0.29) is 25.7 Å². The van der Waals surface area contributed by atoms with Gasteiger partial charge in [-0.05, 0) is 43.4 Å². The van der Waals surface area contributed by atoms with Gasteiger partial charge in [-0.3, -0.25) is 37.3 Å². The van der Waals surface area contributed by atoms with Crippen LogP contribution in [-0.2, 0) is 65.4 Å². The van der Waals surface area contributed by atoms with Crippen LogP contribution in [0, 0.1) is 17.8 Å². The van der Waals surface area contributed by atoms with Crippen molar-refractivity contribution in [2.45, 2.75) is 407 Å². The van der Waals surface area contributed by atoms with Crippen LogP contribution in [0.4, 0.5) is 0 Å². The maximum absolute atomic E-state index is 13.1. The minimum atomic E-state index is -4.96. The highest BCUT2D eigenvalue weighted by Gasteiger charge is 2.30. The second-order valence-corrected chi connectivity index (χ2v) is 31.5. The third kappa shape index (κ3) is 69.0. The van der Waals surface area contributed by atoms with E-state index in [0.29, 0.717) is 31.6 Å². The predicted molar refractivity (Wildman–Crippen MR) is 386 cm³/mol. The summed E-state index contributed by atoms with van der Waals surface area (Å²) < 4.78 is 68.4. The number of aliphatic hydroxyl groups is 1. The molecule has 0 heterocycles. The van der Waals surface area contributed by atoms with Crippen LogP contribution in [0.25, 0.3) is 0 Å². The summed E-state index contributed by atoms with van der Waals surface area (Å²) in [7, 11) is -9.91. The second-order valence-electron chi connectivity index (χ2n) is 28.6. The zero-order chi connectivity index (χ0) is 70.1. The quantitative estimate of drug-likeness (QED) is 0.0222. The molecule has 95 heavy (non-hydrogen) atoms. The van der Waals surface area contributed by atoms with E-state index in [1.165, 1.54) is 193 Å². The summed E-state index contributed by atoms with van der Waals surface area (Å²) in [6, 6.07) is 0. The molecule has 3 N–H and O–H groups in total. The lowest BCUT2D eigenvalue weighted by Gasteiger charge is -2.21. The second kappa shape index (κ2) is 66.6. The van der Waals surface area contributed by atoms with E-state index in [1.54, 1.807) is 0 Å². The monoisotopic (exact) mass is 1400 g/mol. The summed E-state index contributed by atoms with van der Waals surface area (Å²) in [5, 5.41) is 10.6. The van der Waals surface area contributed by atoms with Gasteiger partial charge in [-0.1, -0.05) is 337 Å². The van der Waals surface area contributed by atoms with Crippen LogP contribution >= 0.6 is 15.6 Å². The van der Waals surface area contributed by atoms with Gasteiger partial charge in [-0.25, -0.2) is 9.13 Å². The SMILES string of the molecule is CCCCCCCCCCCCCCCCCCCCCCCCC(=O)O[C@H](COC(=O)CCCCCCCCCCCCC(C)C)COP(=O)(O)OC[C@@H](O)COP(=O)(O)OC[C@@H](COC(=O)CCCCCCCCC(C)CC)OC(=O)CCCCCCCCCC(C)C. The van der Waals surface area contributed by atoms with Gasteiger partial charge in [0.2, 0.25) is 0 Å². The standard InChI is InChI=1S/C76H148O17P2/c1-8-10-11-12-13-14-15-16-17-18-19-20-21-22-23-24-25-26-31-36-45-52-59-75(80)92-71(63-86-73(78)57-50-43-35-30-28-27-29-33-40-47-54-67(3)4)65-90-94(82,83)88-61-70(77)62-89-95(84,85)91-66-72(93-76(81)60-53-46-37-32-34-41-48-55-68(5)6)64-87-74(79)58-51-44-39-38-42-49-56-69(7)9-2/h67-72,77H,8-66H2,1-7H3,(H,82,83)(H,84,85)/t69?,70-,71-,72-/m1/s1. The van der Waals surface area contributed by atoms with E-state index >= 15 is 0 Å². The van der Waals surface area contributed by atoms with Crippen LogP contribution < -0.4 is 0 Å². The highest BCUT2D eigenvalue weighted by Crippen LogP contribution is 2.45. The van der Waals surface area contributed by atoms with Crippen molar-refractivity contribution in [3.05, 3.63) is 0 Å². The third-order valence-electron chi connectivity index (χ3n) is 18.0. The first-order valence-electron chi connectivity index (χ1n) is 39.4. The van der Waals surface area contributed by atoms with Crippen LogP contribution in [0.2, 0.25) is 0 Å². The van der Waals surface area contributed by atoms with Crippen molar-refractivity contribution in [3.63, 3.8) is 0 Å². The normalized spacial score (nSPS) is 14.4. The summed E-state index contributed by atoms with van der Waals surface area (Å²) in [4.78, 5) is 72.7. The Morgan fingerprint density at radius 2 is 0.537 bits per heavy atom. The van der Waals surface area contributed by atoms with Crippen molar-refractivity contribution in [2.24, 2.45) is 17.8 Å². The van der Waals surface area contributed by atoms with Gasteiger partial charge in [0.1, 0.15) is 19.3 Å². The van der Waals surface area contributed by atoms with Crippen LogP contribution in [-0.4, -0.2) is 96.7 Å². The molecule has 17 nitrogen and oxygen atoms in total. The first kappa shape index (κ1) is 93.1. The lowest BCUT2D eigenvalue weighted by atomic mass is 10.00. The molecule has 19 heteroatoms. The number of unbranched alkanes of at least 4 members (excludes halogenated alkanes) is 41. The van der Waals surface area contributed by atoms with Gasteiger partial charge in [-0.2, -0.15) is 0 Å². The van der Waals surface area contributed by atoms with Gasteiger partial charge in [0.15, 0.2) is 12.2 Å². The molecule has 0 aliphatic rings. The lowest BCUT2D eigenvalue weighted by Crippen LogP contribution is -2.30. The minimum Gasteiger partial charge on any atom is -0.462 e. The van der Waals surface area contributed by atoms with Gasteiger partial charge in [0.05, 0.1) is 26.4 Å². The molecule has 0 aromatic carbocycles. The number of carbonyl (C=O) groups is 4. The molecular formula is C76H148O17P2. The van der Waals surface area contributed by atoms with E-state index in [2.05, 4.69) is 48.5 Å². The van der Waals surface area contributed by atoms with Crippen molar-refractivity contribution < 1.29 is 80.2 Å². The van der Waals surface area contributed by atoms with Crippen LogP contribution in [0.3, 0.4) is 0 Å². The predicted octanol–water partition coefficient (Wildman–Crippen LogP) is 22.2. The number of phosphoric acid groups is 2. The van der Waals surface area contributed by atoms with Gasteiger partial charge < -0.3 is 33.8 Å². The van der Waals surface area contributed by atoms with Gasteiger partial charge in [-0.15, -0.1) is 0 Å². The van der Waals surface area contributed by atoms with Crippen molar-refractivity contribution >= 4 is 39.5 Å². The van der Waals surface area contributed by atoms with Crippen LogP contribution in [0.15, 0.2) is 0 Å². The Bertz CT molecular complexity index is 1850. The Morgan fingerprint density at radius 1 is 0.305 bits per heavy atom. The van der Waals surface area contributed by atoms with E-state index in [4.69, 9.17) is 37.0 Å². The lowest BCUT2D eigenvalue weighted by molar-refractivity contribution is -0.161. The molecule has 0 fully saturated rings. The van der Waals surface area contributed by atoms with Crippen LogP contribution in [0.5, 0.6) is 0 Å². The van der Waals surface area contributed by atoms with Crippen molar-refractivity contribution in [3.8, 4) is 0 Å². The molecule has 0 aliphatic heterocycles. The van der Waals surface area contributed by atoms with E-state index in [1.807, 2.05) is 0 Å². The zero-order valence-corrected chi connectivity index (χ0v) is 63.9. The Kier molecular flexibility index (Phi) is 65.2. The molecule has 0 aromatic rings.